The van der Waals surface area contributed by atoms with Gasteiger partial charge >= 0.3 is 0 Å². The Bertz CT molecular complexity index is 966. The largest absolute Gasteiger partial charge is 0.496 e. The topological polar surface area (TPSA) is 94.8 Å². The molecule has 0 fully saturated rings. The van der Waals surface area contributed by atoms with Crippen molar-refractivity contribution in [2.45, 2.75) is 13.5 Å². The van der Waals surface area contributed by atoms with E-state index in [0.29, 0.717) is 34.5 Å². The first-order valence-corrected chi connectivity index (χ1v) is 8.35. The Labute approximate surface area is 147 Å². The van der Waals surface area contributed by atoms with Gasteiger partial charge in [-0.05, 0) is 19.1 Å². The fourth-order valence-corrected chi connectivity index (χ4v) is 2.97. The number of anilines is 1. The van der Waals surface area contributed by atoms with Crippen LogP contribution in [0.2, 0.25) is 0 Å². The standard InChI is InChI=1S/C16H16N4O4S/c1-3-24-9-13-19-20-15(22)11(8-17-16(20)25-13)18-14(21)10-6-4-5-7-12(10)23-2/h4-8H,3,9H2,1-2H3,(H,18,21). The molecule has 0 aliphatic rings. The van der Waals surface area contributed by atoms with Gasteiger partial charge in [-0.25, -0.2) is 4.98 Å². The van der Waals surface area contributed by atoms with E-state index in [2.05, 4.69) is 15.4 Å². The van der Waals surface area contributed by atoms with Crippen molar-refractivity contribution in [2.24, 2.45) is 0 Å². The lowest BCUT2D eigenvalue weighted by atomic mass is 10.2. The van der Waals surface area contributed by atoms with Crippen molar-refractivity contribution in [2.75, 3.05) is 19.0 Å². The van der Waals surface area contributed by atoms with E-state index in [1.165, 1.54) is 24.6 Å². The van der Waals surface area contributed by atoms with Crippen molar-refractivity contribution in [3.63, 3.8) is 0 Å². The molecule has 0 saturated carbocycles. The number of carbonyl (C=O) groups is 1. The summed E-state index contributed by atoms with van der Waals surface area (Å²) in [6, 6.07) is 6.75. The predicted octanol–water partition coefficient (Wildman–Crippen LogP) is 1.95. The summed E-state index contributed by atoms with van der Waals surface area (Å²) in [7, 11) is 1.48. The molecule has 0 spiro atoms. The lowest BCUT2D eigenvalue weighted by Crippen LogP contribution is -2.23. The number of nitrogens with one attached hydrogen (secondary N) is 1. The van der Waals surface area contributed by atoms with E-state index in [9.17, 15) is 9.59 Å². The van der Waals surface area contributed by atoms with Gasteiger partial charge in [-0.2, -0.15) is 9.61 Å². The highest BCUT2D eigenvalue weighted by atomic mass is 32.1. The van der Waals surface area contributed by atoms with Crippen LogP contribution in [0.4, 0.5) is 5.69 Å². The van der Waals surface area contributed by atoms with E-state index in [4.69, 9.17) is 9.47 Å². The Hall–Kier alpha value is -2.78. The third-order valence-corrected chi connectivity index (χ3v) is 4.25. The average molecular weight is 360 g/mol. The molecule has 0 aliphatic heterocycles. The number of aromatic nitrogens is 3. The number of methoxy groups -OCH3 is 1. The second kappa shape index (κ2) is 7.41. The molecule has 0 atom stereocenters. The fourth-order valence-electron chi connectivity index (χ4n) is 2.18. The van der Waals surface area contributed by atoms with Crippen LogP contribution in [0.1, 0.15) is 22.3 Å². The molecule has 130 valence electrons. The third kappa shape index (κ3) is 3.52. The zero-order valence-corrected chi connectivity index (χ0v) is 14.5. The van der Waals surface area contributed by atoms with Crippen molar-refractivity contribution in [1.82, 2.24) is 14.6 Å². The second-order valence-electron chi connectivity index (χ2n) is 4.96. The van der Waals surface area contributed by atoms with Gasteiger partial charge in [0.2, 0.25) is 4.96 Å². The van der Waals surface area contributed by atoms with Gasteiger partial charge in [0.05, 0.1) is 18.9 Å². The first-order chi connectivity index (χ1) is 12.1. The minimum absolute atomic E-state index is 0.0432. The molecule has 8 nitrogen and oxygen atoms in total. The summed E-state index contributed by atoms with van der Waals surface area (Å²) in [5.74, 6) is -0.0390. The van der Waals surface area contributed by atoms with Crippen molar-refractivity contribution in [3.8, 4) is 5.75 Å². The maximum absolute atomic E-state index is 12.5. The number of benzene rings is 1. The molecule has 2 heterocycles. The Morgan fingerprint density at radius 2 is 2.16 bits per heavy atom. The van der Waals surface area contributed by atoms with Gasteiger partial charge in [0.25, 0.3) is 11.5 Å². The van der Waals surface area contributed by atoms with Gasteiger partial charge in [-0.15, -0.1) is 0 Å². The molecule has 0 unspecified atom stereocenters. The minimum atomic E-state index is -0.457. The Morgan fingerprint density at radius 3 is 2.92 bits per heavy atom. The first kappa shape index (κ1) is 17.1. The molecule has 1 aromatic carbocycles. The summed E-state index contributed by atoms with van der Waals surface area (Å²) in [4.78, 5) is 29.6. The van der Waals surface area contributed by atoms with Crippen LogP contribution in [0.15, 0.2) is 35.3 Å². The number of para-hydroxylation sites is 1. The number of amides is 1. The van der Waals surface area contributed by atoms with E-state index in [1.54, 1.807) is 24.3 Å². The fraction of sp³-hybridized carbons (Fsp3) is 0.250. The highest BCUT2D eigenvalue weighted by Gasteiger charge is 2.16. The molecule has 25 heavy (non-hydrogen) atoms. The lowest BCUT2D eigenvalue weighted by Gasteiger charge is -2.08. The lowest BCUT2D eigenvalue weighted by molar-refractivity contribution is 0.102. The summed E-state index contributed by atoms with van der Waals surface area (Å²) in [6.45, 7) is 2.74. The minimum Gasteiger partial charge on any atom is -0.496 e. The summed E-state index contributed by atoms with van der Waals surface area (Å²) in [6.07, 6.45) is 1.33. The summed E-state index contributed by atoms with van der Waals surface area (Å²) < 4.78 is 11.6. The Morgan fingerprint density at radius 1 is 1.36 bits per heavy atom. The van der Waals surface area contributed by atoms with E-state index in [-0.39, 0.29) is 5.69 Å². The Kier molecular flexibility index (Phi) is 5.05. The third-order valence-electron chi connectivity index (χ3n) is 3.36. The molecule has 0 bridgehead atoms. The van der Waals surface area contributed by atoms with Crippen LogP contribution in [0.5, 0.6) is 5.75 Å². The van der Waals surface area contributed by atoms with E-state index in [0.717, 1.165) is 4.52 Å². The number of rotatable bonds is 6. The second-order valence-corrected chi connectivity index (χ2v) is 6.00. The van der Waals surface area contributed by atoms with Gasteiger partial charge in [0.1, 0.15) is 23.1 Å². The maximum Gasteiger partial charge on any atom is 0.298 e. The number of fused-ring (bicyclic) bond motifs is 1. The molecule has 0 radical (unpaired) electrons. The molecular formula is C16H16N4O4S. The monoisotopic (exact) mass is 360 g/mol. The maximum atomic E-state index is 12.5. The summed E-state index contributed by atoms with van der Waals surface area (Å²) in [5, 5.41) is 7.39. The number of hydrogen-bond acceptors (Lipinski definition) is 7. The summed E-state index contributed by atoms with van der Waals surface area (Å²) >= 11 is 1.26. The highest BCUT2D eigenvalue weighted by molar-refractivity contribution is 7.16. The molecule has 1 amide bonds. The molecule has 3 aromatic rings. The van der Waals surface area contributed by atoms with E-state index < -0.39 is 11.5 Å². The van der Waals surface area contributed by atoms with Gasteiger partial charge in [0, 0.05) is 6.61 Å². The molecule has 0 saturated heterocycles. The average Bonchev–Trinajstić information content (AvgIpc) is 3.06. The van der Waals surface area contributed by atoms with Crippen molar-refractivity contribution < 1.29 is 14.3 Å². The first-order valence-electron chi connectivity index (χ1n) is 7.54. The van der Waals surface area contributed by atoms with Crippen molar-refractivity contribution >= 4 is 27.9 Å². The van der Waals surface area contributed by atoms with Crippen LogP contribution in [0.25, 0.3) is 4.96 Å². The number of nitrogens with zero attached hydrogens (tertiary/aromatic N) is 3. The van der Waals surface area contributed by atoms with Crippen LogP contribution in [-0.4, -0.2) is 34.2 Å². The van der Waals surface area contributed by atoms with Gasteiger partial charge in [-0.3, -0.25) is 9.59 Å². The molecule has 1 N–H and O–H groups in total. The zero-order valence-electron chi connectivity index (χ0n) is 13.7. The van der Waals surface area contributed by atoms with Crippen LogP contribution < -0.4 is 15.6 Å². The van der Waals surface area contributed by atoms with Gasteiger partial charge in [0.15, 0.2) is 0 Å². The van der Waals surface area contributed by atoms with Gasteiger partial charge < -0.3 is 14.8 Å². The number of carbonyl (C=O) groups excluding carboxylic acids is 1. The normalized spacial score (nSPS) is 10.8. The van der Waals surface area contributed by atoms with Crippen molar-refractivity contribution in [1.29, 1.82) is 0 Å². The van der Waals surface area contributed by atoms with E-state index >= 15 is 0 Å². The molecule has 3 rings (SSSR count). The number of ether oxygens (including phenoxy) is 2. The highest BCUT2D eigenvalue weighted by Crippen LogP contribution is 2.18. The van der Waals surface area contributed by atoms with Crippen molar-refractivity contribution in [3.05, 3.63) is 51.4 Å². The molecular weight excluding hydrogens is 344 g/mol. The SMILES string of the molecule is CCOCc1nn2c(=O)c(NC(=O)c3ccccc3OC)cnc2s1. The van der Waals surface area contributed by atoms with Crippen LogP contribution in [-0.2, 0) is 11.3 Å². The smallest absolute Gasteiger partial charge is 0.298 e. The molecule has 0 aliphatic carbocycles. The number of hydrogen-bond donors (Lipinski definition) is 1. The Balaban J connectivity index is 1.90. The molecule has 2 aromatic heterocycles. The van der Waals surface area contributed by atoms with Crippen LogP contribution in [0.3, 0.4) is 0 Å². The zero-order chi connectivity index (χ0) is 17.8. The summed E-state index contributed by atoms with van der Waals surface area (Å²) in [5.41, 5.74) is -0.0845. The van der Waals surface area contributed by atoms with Gasteiger partial charge in [-0.1, -0.05) is 23.5 Å². The van der Waals surface area contributed by atoms with Crippen LogP contribution in [0, 0.1) is 0 Å². The predicted molar refractivity (Wildman–Crippen MR) is 93.4 cm³/mol. The molecule has 9 heteroatoms. The quantitative estimate of drug-likeness (QED) is 0.722. The van der Waals surface area contributed by atoms with Crippen LogP contribution >= 0.6 is 11.3 Å². The van der Waals surface area contributed by atoms with E-state index in [1.807, 2.05) is 6.92 Å².